The van der Waals surface area contributed by atoms with Crippen molar-refractivity contribution in [3.8, 4) is 0 Å². The Morgan fingerprint density at radius 3 is 3.15 bits per heavy atom. The number of carbonyl (C=O) groups is 1. The van der Waals surface area contributed by atoms with E-state index in [1.54, 1.807) is 18.6 Å². The first kappa shape index (κ1) is 18.5. The van der Waals surface area contributed by atoms with Crippen LogP contribution >= 0.6 is 0 Å². The number of fused-ring (bicyclic) bond motifs is 1. The number of nitrogens with two attached hydrogens (primary N) is 1. The minimum Gasteiger partial charge on any atom is -0.404 e. The van der Waals surface area contributed by atoms with Crippen molar-refractivity contribution < 1.29 is 4.79 Å². The van der Waals surface area contributed by atoms with E-state index in [0.29, 0.717) is 11.7 Å². The molecule has 0 bridgehead atoms. The first-order valence-electron chi connectivity index (χ1n) is 9.68. The smallest absolute Gasteiger partial charge is 0.133 e. The standard InChI is InChI=1S/C21H28N4O/c22-13-17(21-15-24-19-9-1-2-10-20(19)25-21)14-23-11-4-3-6-16-7-5-8-18(26)12-16/h1-2,10,13-16,19H,3-9,11-12,22H2. The minimum atomic E-state index is 0.145. The van der Waals surface area contributed by atoms with E-state index in [0.717, 1.165) is 68.5 Å². The molecule has 0 saturated heterocycles. The molecule has 26 heavy (non-hydrogen) atoms. The molecule has 2 unspecified atom stereocenters. The molecular weight excluding hydrogens is 324 g/mol. The molecule has 0 spiro atoms. The summed E-state index contributed by atoms with van der Waals surface area (Å²) in [7, 11) is 0. The van der Waals surface area contributed by atoms with E-state index >= 15 is 0 Å². The molecule has 1 aliphatic heterocycles. The number of aliphatic imine (C=N–C) groups is 3. The van der Waals surface area contributed by atoms with Crippen molar-refractivity contribution in [3.05, 3.63) is 35.7 Å². The van der Waals surface area contributed by atoms with Gasteiger partial charge in [-0.2, -0.15) is 0 Å². The lowest BCUT2D eigenvalue weighted by atomic mass is 9.85. The number of Topliss-reactive ketones (excluding diaryl/α,β-unsaturated/α-hetero) is 1. The highest BCUT2D eigenvalue weighted by Crippen LogP contribution is 2.25. The molecule has 0 aromatic rings. The third-order valence-electron chi connectivity index (χ3n) is 5.17. The Balaban J connectivity index is 1.43. The van der Waals surface area contributed by atoms with Crippen LogP contribution in [0.1, 0.15) is 51.4 Å². The van der Waals surface area contributed by atoms with Gasteiger partial charge < -0.3 is 5.73 Å². The molecule has 2 aliphatic carbocycles. The second-order valence-electron chi connectivity index (χ2n) is 7.20. The van der Waals surface area contributed by atoms with E-state index in [1.165, 1.54) is 6.42 Å². The van der Waals surface area contributed by atoms with Crippen molar-refractivity contribution >= 4 is 23.9 Å². The van der Waals surface area contributed by atoms with Crippen molar-refractivity contribution in [3.63, 3.8) is 0 Å². The molecule has 2 atom stereocenters. The summed E-state index contributed by atoms with van der Waals surface area (Å²) in [6, 6.07) is 0.145. The maximum absolute atomic E-state index is 11.5. The lowest BCUT2D eigenvalue weighted by Crippen LogP contribution is -2.20. The van der Waals surface area contributed by atoms with Gasteiger partial charge in [0.05, 0.1) is 17.5 Å². The van der Waals surface area contributed by atoms with Gasteiger partial charge in [-0.3, -0.25) is 14.8 Å². The zero-order chi connectivity index (χ0) is 18.2. The van der Waals surface area contributed by atoms with Crippen molar-refractivity contribution in [1.82, 2.24) is 0 Å². The van der Waals surface area contributed by atoms with Crippen molar-refractivity contribution in [2.75, 3.05) is 6.54 Å². The normalized spacial score (nSPS) is 26.0. The van der Waals surface area contributed by atoms with Gasteiger partial charge in [0.15, 0.2) is 0 Å². The monoisotopic (exact) mass is 352 g/mol. The number of unbranched alkanes of at least 4 members (excludes halogenated alkanes) is 1. The predicted molar refractivity (Wildman–Crippen MR) is 108 cm³/mol. The van der Waals surface area contributed by atoms with Crippen molar-refractivity contribution in [2.45, 2.75) is 57.4 Å². The van der Waals surface area contributed by atoms with Crippen LogP contribution in [-0.4, -0.2) is 36.5 Å². The Morgan fingerprint density at radius 1 is 1.38 bits per heavy atom. The SMILES string of the molecule is NC=C(C=NCCCCC1CCCC(=O)C1)C1=NC2=CC=CCC2N=C1. The van der Waals surface area contributed by atoms with Gasteiger partial charge in [-0.05, 0) is 44.1 Å². The number of hydrogen-bond donors (Lipinski definition) is 1. The number of nitrogens with zero attached hydrogens (tertiary/aromatic N) is 3. The number of hydrogen-bond acceptors (Lipinski definition) is 5. The molecule has 1 fully saturated rings. The fourth-order valence-corrected chi connectivity index (χ4v) is 3.68. The minimum absolute atomic E-state index is 0.145. The summed E-state index contributed by atoms with van der Waals surface area (Å²) in [6.07, 6.45) is 19.3. The maximum atomic E-state index is 11.5. The zero-order valence-corrected chi connectivity index (χ0v) is 15.3. The topological polar surface area (TPSA) is 80.2 Å². The molecular formula is C21H28N4O. The van der Waals surface area contributed by atoms with Gasteiger partial charge in [0.25, 0.3) is 0 Å². The van der Waals surface area contributed by atoms with E-state index < -0.39 is 0 Å². The van der Waals surface area contributed by atoms with Gasteiger partial charge in [-0.1, -0.05) is 18.6 Å². The van der Waals surface area contributed by atoms with Gasteiger partial charge in [-0.15, -0.1) is 0 Å². The molecule has 5 nitrogen and oxygen atoms in total. The third-order valence-corrected chi connectivity index (χ3v) is 5.17. The molecule has 2 N–H and O–H groups in total. The van der Waals surface area contributed by atoms with Crippen LogP contribution < -0.4 is 5.73 Å². The van der Waals surface area contributed by atoms with E-state index in [2.05, 4.69) is 21.1 Å². The zero-order valence-electron chi connectivity index (χ0n) is 15.3. The van der Waals surface area contributed by atoms with Crippen LogP contribution in [0.4, 0.5) is 0 Å². The number of ketones is 1. The van der Waals surface area contributed by atoms with Crippen LogP contribution in [0.25, 0.3) is 0 Å². The average molecular weight is 352 g/mol. The summed E-state index contributed by atoms with van der Waals surface area (Å²) < 4.78 is 0. The lowest BCUT2D eigenvalue weighted by molar-refractivity contribution is -0.121. The highest BCUT2D eigenvalue weighted by Gasteiger charge is 2.19. The van der Waals surface area contributed by atoms with Crippen LogP contribution in [0, 0.1) is 5.92 Å². The quantitative estimate of drug-likeness (QED) is 0.561. The highest BCUT2D eigenvalue weighted by atomic mass is 16.1. The summed E-state index contributed by atoms with van der Waals surface area (Å²) in [4.78, 5) is 25.2. The molecule has 3 aliphatic rings. The van der Waals surface area contributed by atoms with E-state index in [1.807, 2.05) is 12.2 Å². The van der Waals surface area contributed by atoms with Gasteiger partial charge in [0.1, 0.15) is 5.78 Å². The second kappa shape index (κ2) is 9.41. The van der Waals surface area contributed by atoms with Crippen LogP contribution in [0.15, 0.2) is 50.7 Å². The second-order valence-corrected chi connectivity index (χ2v) is 7.20. The maximum Gasteiger partial charge on any atom is 0.133 e. The molecule has 1 heterocycles. The van der Waals surface area contributed by atoms with Crippen molar-refractivity contribution in [2.24, 2.45) is 26.6 Å². The molecule has 138 valence electrons. The molecule has 0 radical (unpaired) electrons. The Hall–Kier alpha value is -2.30. The summed E-state index contributed by atoms with van der Waals surface area (Å²) >= 11 is 0. The largest absolute Gasteiger partial charge is 0.404 e. The van der Waals surface area contributed by atoms with E-state index in [9.17, 15) is 4.79 Å². The molecule has 0 aromatic carbocycles. The Kier molecular flexibility index (Phi) is 6.69. The lowest BCUT2D eigenvalue weighted by Gasteiger charge is -2.20. The molecule has 5 heteroatoms. The summed E-state index contributed by atoms with van der Waals surface area (Å²) in [5, 5.41) is 0. The van der Waals surface area contributed by atoms with Crippen LogP contribution in [-0.2, 0) is 4.79 Å². The van der Waals surface area contributed by atoms with E-state index in [-0.39, 0.29) is 6.04 Å². The number of rotatable bonds is 7. The Morgan fingerprint density at radius 2 is 2.31 bits per heavy atom. The number of carbonyl (C=O) groups excluding carboxylic acids is 1. The molecule has 1 saturated carbocycles. The van der Waals surface area contributed by atoms with Crippen molar-refractivity contribution in [1.29, 1.82) is 0 Å². The van der Waals surface area contributed by atoms with Gasteiger partial charge in [0, 0.05) is 43.6 Å². The molecule has 0 amide bonds. The Labute approximate surface area is 155 Å². The predicted octanol–water partition coefficient (Wildman–Crippen LogP) is 3.57. The van der Waals surface area contributed by atoms with Gasteiger partial charge in [0.2, 0.25) is 0 Å². The van der Waals surface area contributed by atoms with Gasteiger partial charge in [-0.25, -0.2) is 4.99 Å². The van der Waals surface area contributed by atoms with Gasteiger partial charge >= 0.3 is 0 Å². The fraction of sp³-hybridized carbons (Fsp3) is 0.524. The fourth-order valence-electron chi connectivity index (χ4n) is 3.68. The van der Waals surface area contributed by atoms with E-state index in [4.69, 9.17) is 5.73 Å². The highest BCUT2D eigenvalue weighted by molar-refractivity contribution is 6.44. The van der Waals surface area contributed by atoms with Crippen LogP contribution in [0.3, 0.4) is 0 Å². The molecule has 3 rings (SSSR count). The summed E-state index contributed by atoms with van der Waals surface area (Å²) in [5.74, 6) is 1.04. The van der Waals surface area contributed by atoms with Crippen LogP contribution in [0.5, 0.6) is 0 Å². The summed E-state index contributed by atoms with van der Waals surface area (Å²) in [6.45, 7) is 0.774. The average Bonchev–Trinajstić information content (AvgIpc) is 2.67. The Bertz CT molecular complexity index is 697. The third kappa shape index (κ3) is 5.10. The first-order chi connectivity index (χ1) is 12.8. The summed E-state index contributed by atoms with van der Waals surface area (Å²) in [5.41, 5.74) is 8.33. The molecule has 0 aromatic heterocycles. The first-order valence-corrected chi connectivity index (χ1v) is 9.68. The number of allylic oxidation sites excluding steroid dienone is 3. The van der Waals surface area contributed by atoms with Crippen LogP contribution in [0.2, 0.25) is 0 Å².